The molecule has 1 aliphatic carbocycles. The molecular formula is C37H28O2S. The smallest absolute Gasteiger partial charge is 0.206 e. The van der Waals surface area contributed by atoms with Gasteiger partial charge in [-0.3, -0.25) is 0 Å². The van der Waals surface area contributed by atoms with Crippen LogP contribution in [-0.4, -0.2) is 8.42 Å². The summed E-state index contributed by atoms with van der Waals surface area (Å²) in [4.78, 5) is 0.604. The summed E-state index contributed by atoms with van der Waals surface area (Å²) in [5.41, 5.74) is 9.67. The molecule has 0 atom stereocenters. The Morgan fingerprint density at radius 1 is 0.450 bits per heavy atom. The van der Waals surface area contributed by atoms with Crippen molar-refractivity contribution in [1.29, 1.82) is 0 Å². The van der Waals surface area contributed by atoms with Crippen LogP contribution in [0.5, 0.6) is 0 Å². The molecule has 0 radical (unpaired) electrons. The summed E-state index contributed by atoms with van der Waals surface area (Å²) < 4.78 is 25.9. The van der Waals surface area contributed by atoms with Crippen molar-refractivity contribution in [3.63, 3.8) is 0 Å². The average molecular weight is 537 g/mol. The zero-order valence-electron chi connectivity index (χ0n) is 22.4. The second kappa shape index (κ2) is 9.04. The zero-order valence-corrected chi connectivity index (χ0v) is 23.2. The lowest BCUT2D eigenvalue weighted by atomic mass is 9.68. The first kappa shape index (κ1) is 24.6. The molecule has 40 heavy (non-hydrogen) atoms. The highest BCUT2D eigenvalue weighted by Gasteiger charge is 2.33. The zero-order chi connectivity index (χ0) is 27.5. The summed E-state index contributed by atoms with van der Waals surface area (Å²) in [6.07, 6.45) is 0. The maximum Gasteiger partial charge on any atom is 0.206 e. The summed E-state index contributed by atoms with van der Waals surface area (Å²) in [6.45, 7) is 4.64. The van der Waals surface area contributed by atoms with Crippen molar-refractivity contribution in [2.75, 3.05) is 0 Å². The van der Waals surface area contributed by atoms with Gasteiger partial charge < -0.3 is 0 Å². The quantitative estimate of drug-likeness (QED) is 0.225. The topological polar surface area (TPSA) is 34.1 Å². The molecule has 0 bridgehead atoms. The normalized spacial score (nSPS) is 13.7. The van der Waals surface area contributed by atoms with E-state index in [0.29, 0.717) is 9.79 Å². The van der Waals surface area contributed by atoms with E-state index in [1.54, 1.807) is 36.4 Å². The third kappa shape index (κ3) is 3.73. The van der Waals surface area contributed by atoms with Crippen molar-refractivity contribution in [3.8, 4) is 33.4 Å². The fourth-order valence-electron chi connectivity index (χ4n) is 6.22. The van der Waals surface area contributed by atoms with Crippen LogP contribution in [-0.2, 0) is 15.3 Å². The van der Waals surface area contributed by atoms with Crippen molar-refractivity contribution in [2.24, 2.45) is 0 Å². The minimum Gasteiger partial charge on any atom is -0.219 e. The van der Waals surface area contributed by atoms with Gasteiger partial charge in [0.1, 0.15) is 0 Å². The van der Waals surface area contributed by atoms with Gasteiger partial charge in [-0.25, -0.2) is 8.42 Å². The largest absolute Gasteiger partial charge is 0.219 e. The third-order valence-electron chi connectivity index (χ3n) is 8.35. The van der Waals surface area contributed by atoms with Crippen molar-refractivity contribution < 1.29 is 8.42 Å². The number of rotatable bonds is 4. The molecule has 0 heterocycles. The van der Waals surface area contributed by atoms with Gasteiger partial charge in [0.15, 0.2) is 0 Å². The van der Waals surface area contributed by atoms with E-state index in [-0.39, 0.29) is 5.41 Å². The molecule has 0 fully saturated rings. The fourth-order valence-corrected chi connectivity index (χ4v) is 7.50. The third-order valence-corrected chi connectivity index (χ3v) is 10.1. The van der Waals surface area contributed by atoms with Crippen molar-refractivity contribution in [3.05, 3.63) is 145 Å². The summed E-state index contributed by atoms with van der Waals surface area (Å²) in [6, 6.07) is 44.2. The highest BCUT2D eigenvalue weighted by Crippen LogP contribution is 2.50. The van der Waals surface area contributed by atoms with Gasteiger partial charge in [0.25, 0.3) is 0 Å². The second-order valence-electron chi connectivity index (χ2n) is 11.0. The SMILES string of the molecule is CC1(C)c2ccccc2-c2ccc(-c3ccc(-c4ccc(S(=O)(=O)c5ccccc5)cc4)cc3)c3cccc1c23. The highest BCUT2D eigenvalue weighted by molar-refractivity contribution is 7.91. The van der Waals surface area contributed by atoms with Crippen LogP contribution in [0.25, 0.3) is 44.2 Å². The number of hydrogen-bond acceptors (Lipinski definition) is 2. The molecule has 3 heteroatoms. The molecule has 0 aromatic heterocycles. The molecule has 7 rings (SSSR count). The van der Waals surface area contributed by atoms with Gasteiger partial charge >= 0.3 is 0 Å². The monoisotopic (exact) mass is 536 g/mol. The van der Waals surface area contributed by atoms with Crippen LogP contribution in [0.2, 0.25) is 0 Å². The standard InChI is InChI=1S/C37H28O2S/c1-37(2)34-13-7-6-11-31(34)33-24-23-30(32-12-8-14-35(37)36(32)33)27-17-15-25(16-18-27)26-19-21-29(22-20-26)40(38,39)28-9-4-3-5-10-28/h3-24H,1-2H3. The molecular weight excluding hydrogens is 508 g/mol. The van der Waals surface area contributed by atoms with Crippen LogP contribution in [0, 0.1) is 0 Å². The van der Waals surface area contributed by atoms with E-state index in [2.05, 4.69) is 92.7 Å². The average Bonchev–Trinajstić information content (AvgIpc) is 3.00. The van der Waals surface area contributed by atoms with E-state index in [1.807, 2.05) is 18.2 Å². The van der Waals surface area contributed by atoms with Crippen LogP contribution in [0.1, 0.15) is 25.0 Å². The first-order chi connectivity index (χ1) is 19.4. The lowest BCUT2D eigenvalue weighted by Gasteiger charge is -2.35. The fraction of sp³-hybridized carbons (Fsp3) is 0.0811. The molecule has 1 aliphatic rings. The van der Waals surface area contributed by atoms with Gasteiger partial charge in [-0.05, 0) is 79.5 Å². The molecule has 0 saturated heterocycles. The van der Waals surface area contributed by atoms with E-state index in [0.717, 1.165) is 16.7 Å². The molecule has 6 aromatic rings. The van der Waals surface area contributed by atoms with Gasteiger partial charge in [-0.15, -0.1) is 0 Å². The Bertz CT molecular complexity index is 2000. The predicted octanol–water partition coefficient (Wildman–Crippen LogP) is 9.31. The number of sulfone groups is 1. The minimum atomic E-state index is -3.53. The Kier molecular flexibility index (Phi) is 5.55. The van der Waals surface area contributed by atoms with Crippen LogP contribution < -0.4 is 0 Å². The molecule has 194 valence electrons. The Morgan fingerprint density at radius 2 is 1.00 bits per heavy atom. The van der Waals surface area contributed by atoms with Crippen LogP contribution in [0.3, 0.4) is 0 Å². The van der Waals surface area contributed by atoms with Gasteiger partial charge in [0.2, 0.25) is 9.84 Å². The van der Waals surface area contributed by atoms with E-state index >= 15 is 0 Å². The molecule has 0 saturated carbocycles. The predicted molar refractivity (Wildman–Crippen MR) is 164 cm³/mol. The van der Waals surface area contributed by atoms with Crippen LogP contribution in [0.15, 0.2) is 143 Å². The second-order valence-corrected chi connectivity index (χ2v) is 12.9. The molecule has 6 aromatic carbocycles. The van der Waals surface area contributed by atoms with E-state index in [4.69, 9.17) is 0 Å². The number of benzene rings is 6. The first-order valence-electron chi connectivity index (χ1n) is 13.5. The van der Waals surface area contributed by atoms with Crippen molar-refractivity contribution in [2.45, 2.75) is 29.1 Å². The Morgan fingerprint density at radius 3 is 1.73 bits per heavy atom. The lowest BCUT2D eigenvalue weighted by Crippen LogP contribution is -2.23. The molecule has 0 spiro atoms. The lowest BCUT2D eigenvalue weighted by molar-refractivity contribution is 0.596. The van der Waals surface area contributed by atoms with Crippen LogP contribution in [0.4, 0.5) is 0 Å². The minimum absolute atomic E-state index is 0.0776. The Hall–Kier alpha value is -4.47. The Labute approximate surface area is 235 Å². The molecule has 0 N–H and O–H groups in total. The maximum absolute atomic E-state index is 13.0. The molecule has 0 aliphatic heterocycles. The van der Waals surface area contributed by atoms with Crippen molar-refractivity contribution >= 4 is 20.6 Å². The van der Waals surface area contributed by atoms with Gasteiger partial charge in [-0.1, -0.05) is 123 Å². The molecule has 0 amide bonds. The van der Waals surface area contributed by atoms with E-state index in [9.17, 15) is 8.42 Å². The number of hydrogen-bond donors (Lipinski definition) is 0. The van der Waals surface area contributed by atoms with E-state index < -0.39 is 9.84 Å². The van der Waals surface area contributed by atoms with Gasteiger partial charge in [0, 0.05) is 5.41 Å². The first-order valence-corrected chi connectivity index (χ1v) is 15.0. The van der Waals surface area contributed by atoms with Gasteiger partial charge in [-0.2, -0.15) is 0 Å². The summed E-state index contributed by atoms with van der Waals surface area (Å²) in [5.74, 6) is 0. The van der Waals surface area contributed by atoms with Crippen LogP contribution >= 0.6 is 0 Å². The summed E-state index contributed by atoms with van der Waals surface area (Å²) >= 11 is 0. The Balaban J connectivity index is 1.26. The van der Waals surface area contributed by atoms with E-state index in [1.165, 1.54) is 38.6 Å². The summed E-state index contributed by atoms with van der Waals surface area (Å²) in [5, 5.41) is 2.60. The van der Waals surface area contributed by atoms with Crippen molar-refractivity contribution in [1.82, 2.24) is 0 Å². The molecule has 0 unspecified atom stereocenters. The number of fused-ring (bicyclic) bond motifs is 2. The molecule has 2 nitrogen and oxygen atoms in total. The van der Waals surface area contributed by atoms with Gasteiger partial charge in [0.05, 0.1) is 9.79 Å². The summed E-state index contributed by atoms with van der Waals surface area (Å²) in [7, 11) is -3.53. The maximum atomic E-state index is 13.0. The highest BCUT2D eigenvalue weighted by atomic mass is 32.2.